The van der Waals surface area contributed by atoms with E-state index in [-0.39, 0.29) is 22.2 Å². The van der Waals surface area contributed by atoms with E-state index in [0.29, 0.717) is 5.69 Å². The van der Waals surface area contributed by atoms with Crippen molar-refractivity contribution in [3.63, 3.8) is 0 Å². The van der Waals surface area contributed by atoms with Gasteiger partial charge >= 0.3 is 0 Å². The average molecular weight is 286 g/mol. The largest absolute Gasteiger partial charge is 0.379 e. The Bertz CT molecular complexity index is 485. The molecule has 2 N–H and O–H groups in total. The van der Waals surface area contributed by atoms with Gasteiger partial charge in [-0.1, -0.05) is 25.4 Å². The summed E-state index contributed by atoms with van der Waals surface area (Å²) in [6.45, 7) is 5.02. The number of nitrogens with one attached hydrogen (secondary N) is 2. The van der Waals surface area contributed by atoms with Gasteiger partial charge in [0.25, 0.3) is 5.56 Å². The second-order valence-corrected chi connectivity index (χ2v) is 5.38. The zero-order chi connectivity index (χ0) is 13.9. The van der Waals surface area contributed by atoms with E-state index in [2.05, 4.69) is 29.4 Å². The third-order valence-corrected chi connectivity index (χ3v) is 4.31. The summed E-state index contributed by atoms with van der Waals surface area (Å²) in [6, 6.07) is 0.259. The van der Waals surface area contributed by atoms with Crippen molar-refractivity contribution in [2.24, 2.45) is 0 Å². The molecule has 0 saturated carbocycles. The number of H-pyrrole nitrogens is 1. The van der Waals surface area contributed by atoms with E-state index in [4.69, 9.17) is 16.3 Å². The van der Waals surface area contributed by atoms with E-state index in [1.54, 1.807) is 6.20 Å². The van der Waals surface area contributed by atoms with Crippen molar-refractivity contribution in [3.05, 3.63) is 21.6 Å². The molecular formula is C13H20ClN3O2. The van der Waals surface area contributed by atoms with Gasteiger partial charge in [-0.15, -0.1) is 0 Å². The lowest BCUT2D eigenvalue weighted by atomic mass is 9.86. The first kappa shape index (κ1) is 14.3. The third kappa shape index (κ3) is 3.09. The normalized spacial score (nSPS) is 22.2. The van der Waals surface area contributed by atoms with Crippen molar-refractivity contribution in [1.82, 2.24) is 10.2 Å². The molecule has 5 nitrogen and oxygen atoms in total. The number of rotatable bonds is 4. The van der Waals surface area contributed by atoms with Crippen molar-refractivity contribution in [2.75, 3.05) is 11.9 Å². The number of hydrogen-bond acceptors (Lipinski definition) is 4. The first-order valence-electron chi connectivity index (χ1n) is 6.74. The Balaban J connectivity index is 2.11. The number of anilines is 1. The first-order chi connectivity index (χ1) is 9.10. The summed E-state index contributed by atoms with van der Waals surface area (Å²) < 4.78 is 5.93. The summed E-state index contributed by atoms with van der Waals surface area (Å²) in [4.78, 5) is 11.4. The van der Waals surface area contributed by atoms with Crippen molar-refractivity contribution in [1.29, 1.82) is 0 Å². The number of halogens is 1. The molecule has 6 heteroatoms. The highest BCUT2D eigenvalue weighted by atomic mass is 35.5. The first-order valence-corrected chi connectivity index (χ1v) is 7.11. The van der Waals surface area contributed by atoms with Gasteiger partial charge < -0.3 is 10.1 Å². The van der Waals surface area contributed by atoms with Crippen LogP contribution in [0.4, 0.5) is 5.69 Å². The van der Waals surface area contributed by atoms with Crippen LogP contribution in [-0.2, 0) is 4.74 Å². The Hall–Kier alpha value is -1.07. The topological polar surface area (TPSA) is 67.0 Å². The second kappa shape index (κ2) is 5.92. The fourth-order valence-electron chi connectivity index (χ4n) is 2.60. The van der Waals surface area contributed by atoms with Gasteiger partial charge in [-0.3, -0.25) is 4.79 Å². The monoisotopic (exact) mass is 285 g/mol. The fourth-order valence-corrected chi connectivity index (χ4v) is 2.74. The fraction of sp³-hybridized carbons (Fsp3) is 0.692. The molecule has 1 aliphatic heterocycles. The number of nitrogens with zero attached hydrogens (tertiary/aromatic N) is 1. The molecule has 1 aromatic rings. The average Bonchev–Trinajstić information content (AvgIpc) is 2.44. The molecule has 19 heavy (non-hydrogen) atoms. The van der Waals surface area contributed by atoms with Crippen LogP contribution in [-0.4, -0.2) is 28.4 Å². The molecule has 1 fully saturated rings. The summed E-state index contributed by atoms with van der Waals surface area (Å²) in [7, 11) is 0. The van der Waals surface area contributed by atoms with E-state index < -0.39 is 0 Å². The molecule has 1 unspecified atom stereocenters. The molecule has 1 saturated heterocycles. The Kier molecular flexibility index (Phi) is 4.47. The lowest BCUT2D eigenvalue weighted by molar-refractivity contribution is -0.0864. The van der Waals surface area contributed by atoms with Gasteiger partial charge in [0.05, 0.1) is 17.5 Å². The molecule has 0 aromatic carbocycles. The van der Waals surface area contributed by atoms with Crippen LogP contribution in [0.1, 0.15) is 39.5 Å². The molecule has 0 bridgehead atoms. The van der Waals surface area contributed by atoms with Crippen LogP contribution in [0.25, 0.3) is 0 Å². The molecule has 0 amide bonds. The lowest BCUT2D eigenvalue weighted by Crippen LogP contribution is -2.43. The van der Waals surface area contributed by atoms with E-state index >= 15 is 0 Å². The molecule has 1 aromatic heterocycles. The maximum atomic E-state index is 11.4. The zero-order valence-electron chi connectivity index (χ0n) is 11.3. The van der Waals surface area contributed by atoms with Gasteiger partial charge in [0, 0.05) is 12.6 Å². The van der Waals surface area contributed by atoms with Gasteiger partial charge in [-0.2, -0.15) is 5.10 Å². The van der Waals surface area contributed by atoms with E-state index in [1.807, 2.05) is 0 Å². The molecule has 2 rings (SSSR count). The van der Waals surface area contributed by atoms with Gasteiger partial charge in [-0.05, 0) is 25.7 Å². The molecular weight excluding hydrogens is 266 g/mol. The highest BCUT2D eigenvalue weighted by Gasteiger charge is 2.34. The molecule has 2 heterocycles. The summed E-state index contributed by atoms with van der Waals surface area (Å²) in [5, 5.41) is 9.57. The van der Waals surface area contributed by atoms with Crippen LogP contribution in [0, 0.1) is 0 Å². The van der Waals surface area contributed by atoms with Crippen LogP contribution < -0.4 is 10.9 Å². The summed E-state index contributed by atoms with van der Waals surface area (Å²) in [5.74, 6) is 0. The summed E-state index contributed by atoms with van der Waals surface area (Å²) in [5.41, 5.74) is 0.172. The van der Waals surface area contributed by atoms with Gasteiger partial charge in [-0.25, -0.2) is 5.10 Å². The van der Waals surface area contributed by atoms with Crippen molar-refractivity contribution in [3.8, 4) is 0 Å². The van der Waals surface area contributed by atoms with Crippen LogP contribution in [0.2, 0.25) is 5.02 Å². The van der Waals surface area contributed by atoms with Gasteiger partial charge in [0.15, 0.2) is 0 Å². The molecule has 0 aliphatic carbocycles. The number of hydrogen-bond donors (Lipinski definition) is 2. The summed E-state index contributed by atoms with van der Waals surface area (Å²) >= 11 is 5.97. The van der Waals surface area contributed by atoms with Gasteiger partial charge in [0.1, 0.15) is 5.02 Å². The van der Waals surface area contributed by atoms with Crippen LogP contribution in [0.15, 0.2) is 11.0 Å². The lowest BCUT2D eigenvalue weighted by Gasteiger charge is -2.40. The predicted octanol–water partition coefficient (Wildman–Crippen LogP) is 2.57. The molecule has 106 valence electrons. The third-order valence-electron chi connectivity index (χ3n) is 3.94. The minimum absolute atomic E-state index is 0.0585. The number of aromatic amines is 1. The minimum atomic E-state index is -0.365. The smallest absolute Gasteiger partial charge is 0.285 e. The van der Waals surface area contributed by atoms with Crippen molar-refractivity contribution < 1.29 is 4.74 Å². The molecule has 1 atom stereocenters. The zero-order valence-corrected chi connectivity index (χ0v) is 12.1. The second-order valence-electron chi connectivity index (χ2n) is 5.00. The quantitative estimate of drug-likeness (QED) is 0.892. The Labute approximate surface area is 117 Å². The van der Waals surface area contributed by atoms with Crippen LogP contribution >= 0.6 is 11.6 Å². The van der Waals surface area contributed by atoms with Crippen molar-refractivity contribution in [2.45, 2.75) is 51.2 Å². The highest BCUT2D eigenvalue weighted by molar-refractivity contribution is 6.32. The van der Waals surface area contributed by atoms with E-state index in [0.717, 1.165) is 32.3 Å². The Morgan fingerprint density at radius 2 is 2.32 bits per heavy atom. The SMILES string of the molecule is CCC1(CC)CC(Nc2cn[nH]c(=O)c2Cl)CCO1. The summed E-state index contributed by atoms with van der Waals surface area (Å²) in [6.07, 6.45) is 5.36. The highest BCUT2D eigenvalue weighted by Crippen LogP contribution is 2.33. The van der Waals surface area contributed by atoms with Crippen LogP contribution in [0.3, 0.4) is 0 Å². The van der Waals surface area contributed by atoms with E-state index in [1.165, 1.54) is 0 Å². The standard InChI is InChI=1S/C13H20ClN3O2/c1-3-13(4-2)7-9(5-6-19-13)16-10-8-15-17-12(18)11(10)14/h8-9H,3-7H2,1-2H3,(H2,16,17,18). The predicted molar refractivity (Wildman–Crippen MR) is 75.8 cm³/mol. The number of ether oxygens (including phenoxy) is 1. The van der Waals surface area contributed by atoms with Crippen molar-refractivity contribution >= 4 is 17.3 Å². The molecule has 0 radical (unpaired) electrons. The maximum absolute atomic E-state index is 11.4. The van der Waals surface area contributed by atoms with Crippen LogP contribution in [0.5, 0.6) is 0 Å². The Morgan fingerprint density at radius 3 is 3.00 bits per heavy atom. The van der Waals surface area contributed by atoms with Gasteiger partial charge in [0.2, 0.25) is 0 Å². The minimum Gasteiger partial charge on any atom is -0.379 e. The molecule has 1 aliphatic rings. The maximum Gasteiger partial charge on any atom is 0.285 e. The number of aromatic nitrogens is 2. The Morgan fingerprint density at radius 1 is 1.58 bits per heavy atom. The van der Waals surface area contributed by atoms with E-state index in [9.17, 15) is 4.79 Å². The molecule has 0 spiro atoms.